The van der Waals surface area contributed by atoms with E-state index in [1.807, 2.05) is 12.1 Å². The van der Waals surface area contributed by atoms with Gasteiger partial charge in [-0.3, -0.25) is 0 Å². The Hall–Kier alpha value is -1.30. The van der Waals surface area contributed by atoms with Crippen LogP contribution in [0.4, 0.5) is 0 Å². The zero-order valence-corrected chi connectivity index (χ0v) is 8.11. The second-order valence-corrected chi connectivity index (χ2v) is 3.08. The van der Waals surface area contributed by atoms with Crippen LogP contribution in [0.5, 0.6) is 0 Å². The van der Waals surface area contributed by atoms with E-state index >= 15 is 0 Å². The highest BCUT2D eigenvalue weighted by Crippen LogP contribution is 2.09. The molecule has 0 aromatic heterocycles. The van der Waals surface area contributed by atoms with Crippen LogP contribution in [0, 0.1) is 5.92 Å². The summed E-state index contributed by atoms with van der Waals surface area (Å²) in [5, 5.41) is 0. The maximum atomic E-state index is 3.79. The molecule has 1 rings (SSSR count). The van der Waals surface area contributed by atoms with Gasteiger partial charge in [0.25, 0.3) is 0 Å². The fourth-order valence-electron chi connectivity index (χ4n) is 1.18. The van der Waals surface area contributed by atoms with Gasteiger partial charge >= 0.3 is 0 Å². The lowest BCUT2D eigenvalue weighted by molar-refractivity contribution is 0.779. The third kappa shape index (κ3) is 3.29. The van der Waals surface area contributed by atoms with Gasteiger partial charge in [-0.25, -0.2) is 0 Å². The monoisotopic (exact) mass is 172 g/mol. The van der Waals surface area contributed by atoms with E-state index in [1.54, 1.807) is 0 Å². The summed E-state index contributed by atoms with van der Waals surface area (Å²) in [5.74, 6) is 0.500. The summed E-state index contributed by atoms with van der Waals surface area (Å²) in [6, 6.07) is 10.3. The van der Waals surface area contributed by atoms with Gasteiger partial charge in [0.1, 0.15) is 0 Å². The van der Waals surface area contributed by atoms with Crippen LogP contribution in [-0.2, 0) is 0 Å². The van der Waals surface area contributed by atoms with Gasteiger partial charge in [0.2, 0.25) is 0 Å². The van der Waals surface area contributed by atoms with E-state index in [0.717, 1.165) is 6.42 Å². The molecule has 0 radical (unpaired) electrons. The fraction of sp³-hybridized carbons (Fsp3) is 0.231. The minimum Gasteiger partial charge on any atom is -0.102 e. The second-order valence-electron chi connectivity index (χ2n) is 3.08. The lowest BCUT2D eigenvalue weighted by Gasteiger charge is -2.00. The van der Waals surface area contributed by atoms with Crippen LogP contribution in [0.1, 0.15) is 18.9 Å². The molecular weight excluding hydrogens is 156 g/mol. The molecule has 13 heavy (non-hydrogen) atoms. The standard InChI is InChI=1S/C13H16/c1-3-12(4-2)10-11-13-8-6-5-7-9-13/h3,5-12H,1,4H2,2H3/b11-10+. The number of benzene rings is 1. The van der Waals surface area contributed by atoms with Gasteiger partial charge in [-0.05, 0) is 17.9 Å². The normalized spacial score (nSPS) is 13.0. The van der Waals surface area contributed by atoms with Crippen molar-refractivity contribution < 1.29 is 0 Å². The van der Waals surface area contributed by atoms with Crippen molar-refractivity contribution in [1.82, 2.24) is 0 Å². The Morgan fingerprint density at radius 2 is 2.00 bits per heavy atom. The first kappa shape index (κ1) is 9.79. The molecule has 0 aliphatic carbocycles. The van der Waals surface area contributed by atoms with Crippen molar-refractivity contribution in [2.75, 3.05) is 0 Å². The van der Waals surface area contributed by atoms with Crippen molar-refractivity contribution in [3.8, 4) is 0 Å². The molecule has 1 aromatic rings. The van der Waals surface area contributed by atoms with Gasteiger partial charge in [0.05, 0.1) is 0 Å². The Kier molecular flexibility index (Phi) is 4.04. The number of hydrogen-bond acceptors (Lipinski definition) is 0. The average molecular weight is 172 g/mol. The van der Waals surface area contributed by atoms with Gasteiger partial charge in [-0.2, -0.15) is 0 Å². The Balaban J connectivity index is 2.62. The molecule has 0 spiro atoms. The molecule has 0 bridgehead atoms. The van der Waals surface area contributed by atoms with Crippen LogP contribution >= 0.6 is 0 Å². The molecule has 0 saturated carbocycles. The summed E-state index contributed by atoms with van der Waals surface area (Å²) in [6.07, 6.45) is 7.45. The third-order valence-corrected chi connectivity index (χ3v) is 2.11. The minimum absolute atomic E-state index is 0.500. The summed E-state index contributed by atoms with van der Waals surface area (Å²) in [5.41, 5.74) is 1.25. The largest absolute Gasteiger partial charge is 0.102 e. The number of hydrogen-bond donors (Lipinski definition) is 0. The molecule has 0 heterocycles. The molecular formula is C13H16. The van der Waals surface area contributed by atoms with Gasteiger partial charge in [0, 0.05) is 0 Å². The number of rotatable bonds is 4. The highest BCUT2D eigenvalue weighted by atomic mass is 14.0. The highest BCUT2D eigenvalue weighted by molar-refractivity contribution is 5.49. The lowest BCUT2D eigenvalue weighted by atomic mass is 10.1. The zero-order valence-electron chi connectivity index (χ0n) is 8.11. The van der Waals surface area contributed by atoms with Crippen molar-refractivity contribution in [2.24, 2.45) is 5.92 Å². The molecule has 68 valence electrons. The van der Waals surface area contributed by atoms with Crippen molar-refractivity contribution in [3.63, 3.8) is 0 Å². The molecule has 0 nitrogen and oxygen atoms in total. The van der Waals surface area contributed by atoms with Crippen molar-refractivity contribution >= 4 is 6.08 Å². The van der Waals surface area contributed by atoms with Crippen LogP contribution in [0.2, 0.25) is 0 Å². The second kappa shape index (κ2) is 5.36. The Morgan fingerprint density at radius 1 is 1.31 bits per heavy atom. The SMILES string of the molecule is C=CC(/C=C/c1ccccc1)CC. The van der Waals surface area contributed by atoms with E-state index in [0.29, 0.717) is 5.92 Å². The van der Waals surface area contributed by atoms with E-state index < -0.39 is 0 Å². The molecule has 0 amide bonds. The molecule has 0 fully saturated rings. The number of allylic oxidation sites excluding steroid dienone is 2. The van der Waals surface area contributed by atoms with Crippen LogP contribution < -0.4 is 0 Å². The molecule has 0 aliphatic rings. The Labute approximate surface area is 80.6 Å². The van der Waals surface area contributed by atoms with E-state index in [2.05, 4.69) is 49.9 Å². The molecule has 0 heteroatoms. The van der Waals surface area contributed by atoms with Gasteiger partial charge in [-0.1, -0.05) is 55.5 Å². The van der Waals surface area contributed by atoms with E-state index in [-0.39, 0.29) is 0 Å². The molecule has 1 aromatic carbocycles. The molecule has 0 N–H and O–H groups in total. The minimum atomic E-state index is 0.500. The topological polar surface area (TPSA) is 0 Å². The Bertz CT molecular complexity index is 269. The van der Waals surface area contributed by atoms with E-state index in [1.165, 1.54) is 5.56 Å². The summed E-state index contributed by atoms with van der Waals surface area (Å²) >= 11 is 0. The van der Waals surface area contributed by atoms with Gasteiger partial charge in [-0.15, -0.1) is 6.58 Å². The van der Waals surface area contributed by atoms with Gasteiger partial charge < -0.3 is 0 Å². The first-order valence-corrected chi connectivity index (χ1v) is 4.72. The predicted octanol–water partition coefficient (Wildman–Crippen LogP) is 3.91. The fourth-order valence-corrected chi connectivity index (χ4v) is 1.18. The van der Waals surface area contributed by atoms with Crippen molar-refractivity contribution in [3.05, 3.63) is 54.6 Å². The average Bonchev–Trinajstić information content (AvgIpc) is 2.21. The van der Waals surface area contributed by atoms with E-state index in [4.69, 9.17) is 0 Å². The van der Waals surface area contributed by atoms with Crippen LogP contribution in [0.3, 0.4) is 0 Å². The van der Waals surface area contributed by atoms with Crippen molar-refractivity contribution in [2.45, 2.75) is 13.3 Å². The smallest absolute Gasteiger partial charge is 0.00555 e. The predicted molar refractivity (Wildman–Crippen MR) is 59.5 cm³/mol. The lowest BCUT2D eigenvalue weighted by Crippen LogP contribution is -1.86. The third-order valence-electron chi connectivity index (χ3n) is 2.11. The van der Waals surface area contributed by atoms with E-state index in [9.17, 15) is 0 Å². The zero-order chi connectivity index (χ0) is 9.52. The Morgan fingerprint density at radius 3 is 2.54 bits per heavy atom. The summed E-state index contributed by atoms with van der Waals surface area (Å²) in [7, 11) is 0. The van der Waals surface area contributed by atoms with Crippen LogP contribution in [-0.4, -0.2) is 0 Å². The summed E-state index contributed by atoms with van der Waals surface area (Å²) in [6.45, 7) is 5.96. The molecule has 0 aliphatic heterocycles. The summed E-state index contributed by atoms with van der Waals surface area (Å²) < 4.78 is 0. The maximum absolute atomic E-state index is 3.79. The van der Waals surface area contributed by atoms with Crippen LogP contribution in [0.15, 0.2) is 49.1 Å². The van der Waals surface area contributed by atoms with Crippen molar-refractivity contribution in [1.29, 1.82) is 0 Å². The molecule has 1 atom stereocenters. The summed E-state index contributed by atoms with van der Waals surface area (Å²) in [4.78, 5) is 0. The van der Waals surface area contributed by atoms with Crippen LogP contribution in [0.25, 0.3) is 6.08 Å². The quantitative estimate of drug-likeness (QED) is 0.604. The maximum Gasteiger partial charge on any atom is -0.00555 e. The molecule has 1 unspecified atom stereocenters. The first-order valence-electron chi connectivity index (χ1n) is 4.72. The van der Waals surface area contributed by atoms with Gasteiger partial charge in [0.15, 0.2) is 0 Å². The first-order chi connectivity index (χ1) is 6.36. The highest BCUT2D eigenvalue weighted by Gasteiger charge is 1.92. The molecule has 0 saturated heterocycles.